The third-order valence-corrected chi connectivity index (χ3v) is 9.16. The Bertz CT molecular complexity index is 1010. The van der Waals surface area contributed by atoms with Crippen molar-refractivity contribution in [1.82, 2.24) is 10.6 Å². The molecule has 2 aromatic carbocycles. The average molecular weight is 492 g/mol. The number of rotatable bonds is 10. The van der Waals surface area contributed by atoms with E-state index in [9.17, 15) is 9.59 Å². The van der Waals surface area contributed by atoms with E-state index in [0.29, 0.717) is 17.9 Å². The lowest BCUT2D eigenvalue weighted by atomic mass is 9.53. The molecule has 0 radical (unpaired) electrons. The van der Waals surface area contributed by atoms with Gasteiger partial charge in [-0.2, -0.15) is 0 Å². The van der Waals surface area contributed by atoms with Gasteiger partial charge in [0.1, 0.15) is 0 Å². The second kappa shape index (κ2) is 10.7. The van der Waals surface area contributed by atoms with Gasteiger partial charge in [-0.05, 0) is 87.0 Å². The summed E-state index contributed by atoms with van der Waals surface area (Å²) in [5, 5.41) is 6.50. The van der Waals surface area contributed by atoms with E-state index < -0.39 is 0 Å². The molecule has 2 N–H and O–H groups in total. The van der Waals surface area contributed by atoms with Crippen molar-refractivity contribution in [3.05, 3.63) is 60.2 Å². The number of carbonyl (C=O) groups is 2. The van der Waals surface area contributed by atoms with E-state index in [-0.39, 0.29) is 17.4 Å². The van der Waals surface area contributed by atoms with E-state index in [1.807, 2.05) is 42.5 Å². The lowest BCUT2D eigenvalue weighted by Gasteiger charge is -2.56. The number of hydrogen-bond donors (Lipinski definition) is 2. The molecule has 4 bridgehead atoms. The number of para-hydroxylation sites is 1. The van der Waals surface area contributed by atoms with E-state index in [4.69, 9.17) is 0 Å². The first-order valence-electron chi connectivity index (χ1n) is 13.1. The first kappa shape index (κ1) is 24.2. The van der Waals surface area contributed by atoms with Crippen LogP contribution < -0.4 is 15.5 Å². The lowest BCUT2D eigenvalue weighted by Crippen LogP contribution is -2.60. The standard InChI is InChI=1S/C29H37N3O2S/c1-32(24-8-3-2-4-9-24)13-7-12-30-28(34)25-10-5-6-11-26(25)35-20-27(33)31-29-17-21-14-22(18-29)16-23(15-21)19-29/h2-6,8-11,21-23H,7,12-20H2,1H3,(H,30,34)(H,31,33). The van der Waals surface area contributed by atoms with Crippen LogP contribution in [0.5, 0.6) is 0 Å². The molecule has 6 rings (SSSR count). The Morgan fingerprint density at radius 1 is 0.943 bits per heavy atom. The summed E-state index contributed by atoms with van der Waals surface area (Å²) < 4.78 is 0. The van der Waals surface area contributed by atoms with Crippen molar-refractivity contribution in [2.75, 3.05) is 30.8 Å². The molecule has 0 aliphatic heterocycles. The van der Waals surface area contributed by atoms with E-state index in [1.54, 1.807) is 0 Å². The fourth-order valence-corrected chi connectivity index (χ4v) is 7.79. The highest BCUT2D eigenvalue weighted by Crippen LogP contribution is 2.55. The van der Waals surface area contributed by atoms with Crippen LogP contribution in [0.1, 0.15) is 55.3 Å². The minimum atomic E-state index is -0.0723. The van der Waals surface area contributed by atoms with Crippen LogP contribution in [-0.2, 0) is 4.79 Å². The molecule has 2 aromatic rings. The Morgan fingerprint density at radius 2 is 1.57 bits per heavy atom. The van der Waals surface area contributed by atoms with Gasteiger partial charge in [-0.15, -0.1) is 11.8 Å². The van der Waals surface area contributed by atoms with Gasteiger partial charge < -0.3 is 15.5 Å². The second-order valence-electron chi connectivity index (χ2n) is 10.9. The number of amides is 2. The predicted octanol–water partition coefficient (Wildman–Crippen LogP) is 5.12. The fourth-order valence-electron chi connectivity index (χ4n) is 6.94. The van der Waals surface area contributed by atoms with Crippen LogP contribution in [0, 0.1) is 17.8 Å². The van der Waals surface area contributed by atoms with Crippen LogP contribution in [0.4, 0.5) is 5.69 Å². The van der Waals surface area contributed by atoms with E-state index in [2.05, 4.69) is 34.7 Å². The topological polar surface area (TPSA) is 61.4 Å². The Morgan fingerprint density at radius 3 is 2.26 bits per heavy atom. The minimum absolute atomic E-state index is 0.0379. The van der Waals surface area contributed by atoms with Gasteiger partial charge in [0.2, 0.25) is 5.91 Å². The molecule has 0 saturated heterocycles. The van der Waals surface area contributed by atoms with Gasteiger partial charge in [0.25, 0.3) is 5.91 Å². The van der Waals surface area contributed by atoms with Crippen molar-refractivity contribution in [2.24, 2.45) is 17.8 Å². The smallest absolute Gasteiger partial charge is 0.252 e. The van der Waals surface area contributed by atoms with Crippen molar-refractivity contribution < 1.29 is 9.59 Å². The molecule has 0 heterocycles. The maximum absolute atomic E-state index is 12.9. The lowest BCUT2D eigenvalue weighted by molar-refractivity contribution is -0.124. The molecule has 0 spiro atoms. The molecule has 4 aliphatic carbocycles. The number of anilines is 1. The van der Waals surface area contributed by atoms with Gasteiger partial charge in [-0.1, -0.05) is 30.3 Å². The minimum Gasteiger partial charge on any atom is -0.375 e. The summed E-state index contributed by atoms with van der Waals surface area (Å²) >= 11 is 1.47. The first-order chi connectivity index (χ1) is 17.0. The Labute approximate surface area is 213 Å². The molecule has 0 unspecified atom stereocenters. The molecule has 4 fully saturated rings. The molecule has 0 atom stereocenters. The van der Waals surface area contributed by atoms with Crippen molar-refractivity contribution >= 4 is 29.3 Å². The predicted molar refractivity (Wildman–Crippen MR) is 143 cm³/mol. The van der Waals surface area contributed by atoms with Crippen molar-refractivity contribution in [1.29, 1.82) is 0 Å². The fraction of sp³-hybridized carbons (Fsp3) is 0.517. The zero-order valence-electron chi connectivity index (χ0n) is 20.7. The van der Waals surface area contributed by atoms with E-state index >= 15 is 0 Å². The third-order valence-electron chi connectivity index (χ3n) is 8.09. The monoisotopic (exact) mass is 491 g/mol. The zero-order valence-corrected chi connectivity index (χ0v) is 21.5. The highest BCUT2D eigenvalue weighted by atomic mass is 32.2. The van der Waals surface area contributed by atoms with Crippen LogP contribution in [0.2, 0.25) is 0 Å². The molecule has 4 saturated carbocycles. The van der Waals surface area contributed by atoms with Gasteiger partial charge >= 0.3 is 0 Å². The summed E-state index contributed by atoms with van der Waals surface area (Å²) in [6, 6.07) is 17.9. The normalized spacial score (nSPS) is 26.4. The molecule has 0 aromatic heterocycles. The molecule has 35 heavy (non-hydrogen) atoms. The maximum atomic E-state index is 12.9. The molecule has 5 nitrogen and oxygen atoms in total. The van der Waals surface area contributed by atoms with E-state index in [0.717, 1.165) is 54.9 Å². The van der Waals surface area contributed by atoms with Gasteiger partial charge in [-0.3, -0.25) is 9.59 Å². The highest BCUT2D eigenvalue weighted by Gasteiger charge is 2.51. The number of carbonyl (C=O) groups excluding carboxylic acids is 2. The third kappa shape index (κ3) is 5.85. The molecule has 186 valence electrons. The highest BCUT2D eigenvalue weighted by molar-refractivity contribution is 8.00. The quantitative estimate of drug-likeness (QED) is 0.358. The molecule has 4 aliphatic rings. The zero-order chi connectivity index (χ0) is 24.3. The number of benzene rings is 2. The van der Waals surface area contributed by atoms with Crippen LogP contribution in [0.15, 0.2) is 59.5 Å². The number of thioether (sulfide) groups is 1. The summed E-state index contributed by atoms with van der Waals surface area (Å²) in [5.74, 6) is 2.82. The number of hydrogen-bond acceptors (Lipinski definition) is 4. The maximum Gasteiger partial charge on any atom is 0.252 e. The second-order valence-corrected chi connectivity index (χ2v) is 11.9. The van der Waals surface area contributed by atoms with Crippen LogP contribution >= 0.6 is 11.8 Å². The Hall–Kier alpha value is -2.47. The van der Waals surface area contributed by atoms with Crippen LogP contribution in [0.3, 0.4) is 0 Å². The summed E-state index contributed by atoms with van der Waals surface area (Å²) in [5.41, 5.74) is 1.86. The number of nitrogens with zero attached hydrogens (tertiary/aromatic N) is 1. The van der Waals surface area contributed by atoms with Crippen molar-refractivity contribution in [3.8, 4) is 0 Å². The largest absolute Gasteiger partial charge is 0.375 e. The molecule has 6 heteroatoms. The summed E-state index contributed by atoms with van der Waals surface area (Å²) in [4.78, 5) is 28.9. The average Bonchev–Trinajstić information content (AvgIpc) is 2.84. The van der Waals surface area contributed by atoms with Gasteiger partial charge in [0.05, 0.1) is 11.3 Å². The SMILES string of the molecule is CN(CCCNC(=O)c1ccccc1SCC(=O)NC12CC3CC(CC(C3)C1)C2)c1ccccc1. The molecular formula is C29H37N3O2S. The van der Waals surface area contributed by atoms with Gasteiger partial charge in [0.15, 0.2) is 0 Å². The van der Waals surface area contributed by atoms with Crippen LogP contribution in [0.25, 0.3) is 0 Å². The summed E-state index contributed by atoms with van der Waals surface area (Å²) in [7, 11) is 2.07. The number of nitrogens with one attached hydrogen (secondary N) is 2. The van der Waals surface area contributed by atoms with Crippen molar-refractivity contribution in [3.63, 3.8) is 0 Å². The van der Waals surface area contributed by atoms with Gasteiger partial charge in [-0.25, -0.2) is 0 Å². The van der Waals surface area contributed by atoms with Crippen LogP contribution in [-0.4, -0.2) is 43.2 Å². The molecule has 2 amide bonds. The Kier molecular flexibility index (Phi) is 7.37. The first-order valence-corrected chi connectivity index (χ1v) is 14.1. The van der Waals surface area contributed by atoms with Crippen molar-refractivity contribution in [2.45, 2.75) is 55.4 Å². The Balaban J connectivity index is 1.09. The van der Waals surface area contributed by atoms with Gasteiger partial charge in [0, 0.05) is 36.3 Å². The molecular weight excluding hydrogens is 454 g/mol. The van der Waals surface area contributed by atoms with E-state index in [1.165, 1.54) is 36.7 Å². The summed E-state index contributed by atoms with van der Waals surface area (Å²) in [6.45, 7) is 1.48. The summed E-state index contributed by atoms with van der Waals surface area (Å²) in [6.07, 6.45) is 8.45.